The van der Waals surface area contributed by atoms with Crippen LogP contribution in [-0.4, -0.2) is 22.6 Å². The second kappa shape index (κ2) is 10.4. The third kappa shape index (κ3) is 6.19. The topological polar surface area (TPSA) is 71.1 Å². The van der Waals surface area contributed by atoms with Crippen LogP contribution in [-0.2, 0) is 4.79 Å². The molecule has 0 radical (unpaired) electrons. The number of hydrogen-bond acceptors (Lipinski definition) is 4. The summed E-state index contributed by atoms with van der Waals surface area (Å²) in [6.07, 6.45) is 1.77. The highest BCUT2D eigenvalue weighted by atomic mass is 32.2. The second-order valence-electron chi connectivity index (χ2n) is 6.37. The van der Waals surface area contributed by atoms with Crippen molar-refractivity contribution in [2.45, 2.75) is 24.4 Å². The summed E-state index contributed by atoms with van der Waals surface area (Å²) >= 11 is 1.64. The minimum atomic E-state index is -0.438. The van der Waals surface area contributed by atoms with Crippen LogP contribution in [0.5, 0.6) is 0 Å². The Balaban J connectivity index is 1.69. The zero-order chi connectivity index (χ0) is 20.5. The Morgan fingerprint density at radius 2 is 1.66 bits per heavy atom. The molecule has 0 fully saturated rings. The van der Waals surface area contributed by atoms with Crippen molar-refractivity contribution >= 4 is 29.3 Å². The van der Waals surface area contributed by atoms with Gasteiger partial charge in [-0.2, -0.15) is 0 Å². The number of anilines is 1. The molecule has 3 rings (SSSR count). The van der Waals surface area contributed by atoms with Crippen molar-refractivity contribution in [1.29, 1.82) is 0 Å². The van der Waals surface area contributed by atoms with Crippen LogP contribution in [0.2, 0.25) is 0 Å². The van der Waals surface area contributed by atoms with Crippen LogP contribution in [0.3, 0.4) is 0 Å². The summed E-state index contributed by atoms with van der Waals surface area (Å²) in [6, 6.07) is 21.8. The van der Waals surface area contributed by atoms with E-state index >= 15 is 0 Å². The molecule has 1 atom stereocenters. The van der Waals surface area contributed by atoms with Gasteiger partial charge in [-0.1, -0.05) is 55.5 Å². The molecule has 2 amide bonds. The van der Waals surface area contributed by atoms with E-state index in [9.17, 15) is 9.59 Å². The molecule has 0 spiro atoms. The summed E-state index contributed by atoms with van der Waals surface area (Å²) in [6.45, 7) is 2.06. The molecule has 0 saturated carbocycles. The maximum absolute atomic E-state index is 12.6. The van der Waals surface area contributed by atoms with Crippen LogP contribution in [0.25, 0.3) is 0 Å². The molecule has 1 aromatic heterocycles. The molecule has 148 valence electrons. The Morgan fingerprint density at radius 1 is 0.966 bits per heavy atom. The van der Waals surface area contributed by atoms with E-state index in [1.807, 2.05) is 60.7 Å². The minimum absolute atomic E-state index is 0.119. The first kappa shape index (κ1) is 20.6. The monoisotopic (exact) mass is 405 g/mol. The van der Waals surface area contributed by atoms with Crippen LogP contribution in [0.1, 0.15) is 35.3 Å². The van der Waals surface area contributed by atoms with Crippen molar-refractivity contribution in [2.24, 2.45) is 0 Å². The highest BCUT2D eigenvalue weighted by Gasteiger charge is 2.19. The maximum atomic E-state index is 12.6. The minimum Gasteiger partial charge on any atom is -0.345 e. The first-order valence-electron chi connectivity index (χ1n) is 9.45. The molecule has 2 N–H and O–H groups in total. The van der Waals surface area contributed by atoms with Gasteiger partial charge in [0.15, 0.2) is 0 Å². The lowest BCUT2D eigenvalue weighted by molar-refractivity contribution is -0.116. The fourth-order valence-corrected chi connectivity index (χ4v) is 3.44. The standard InChI is InChI=1S/C23H23N3O2S/c1-2-29-22-14-13-19(16-24-22)25-21(27)15-20(17-9-5-3-6-10-17)26-23(28)18-11-7-4-8-12-18/h3-14,16,20H,2,15H2,1H3,(H,25,27)(H,26,28). The van der Waals surface area contributed by atoms with Gasteiger partial charge in [0.05, 0.1) is 29.4 Å². The number of aromatic nitrogens is 1. The van der Waals surface area contributed by atoms with Crippen LogP contribution in [0, 0.1) is 0 Å². The molecule has 0 saturated heterocycles. The predicted molar refractivity (Wildman–Crippen MR) is 117 cm³/mol. The Bertz CT molecular complexity index is 931. The van der Waals surface area contributed by atoms with E-state index in [2.05, 4.69) is 22.5 Å². The number of pyridine rings is 1. The van der Waals surface area contributed by atoms with E-state index in [0.717, 1.165) is 16.3 Å². The predicted octanol–water partition coefficient (Wildman–Crippen LogP) is 4.69. The van der Waals surface area contributed by atoms with Crippen molar-refractivity contribution in [3.05, 3.63) is 90.1 Å². The van der Waals surface area contributed by atoms with Gasteiger partial charge in [-0.15, -0.1) is 11.8 Å². The van der Waals surface area contributed by atoms with E-state index in [-0.39, 0.29) is 18.2 Å². The molecule has 0 aliphatic rings. The summed E-state index contributed by atoms with van der Waals surface area (Å²) in [7, 11) is 0. The van der Waals surface area contributed by atoms with E-state index in [4.69, 9.17) is 0 Å². The highest BCUT2D eigenvalue weighted by Crippen LogP contribution is 2.20. The van der Waals surface area contributed by atoms with Crippen molar-refractivity contribution in [3.8, 4) is 0 Å². The molecule has 0 aliphatic carbocycles. The third-order valence-electron chi connectivity index (χ3n) is 4.25. The molecule has 0 bridgehead atoms. The number of thioether (sulfide) groups is 1. The Labute approximate surface area is 175 Å². The Hall–Kier alpha value is -3.12. The van der Waals surface area contributed by atoms with E-state index in [1.54, 1.807) is 30.1 Å². The number of hydrogen-bond donors (Lipinski definition) is 2. The van der Waals surface area contributed by atoms with E-state index in [0.29, 0.717) is 11.3 Å². The van der Waals surface area contributed by atoms with Gasteiger partial charge in [-0.3, -0.25) is 9.59 Å². The highest BCUT2D eigenvalue weighted by molar-refractivity contribution is 7.99. The smallest absolute Gasteiger partial charge is 0.251 e. The number of nitrogens with one attached hydrogen (secondary N) is 2. The van der Waals surface area contributed by atoms with Crippen LogP contribution < -0.4 is 10.6 Å². The van der Waals surface area contributed by atoms with Gasteiger partial charge in [0.1, 0.15) is 0 Å². The summed E-state index contributed by atoms with van der Waals surface area (Å²) in [4.78, 5) is 29.6. The fraction of sp³-hybridized carbons (Fsp3) is 0.174. The first-order chi connectivity index (χ1) is 14.2. The molecular formula is C23H23N3O2S. The summed E-state index contributed by atoms with van der Waals surface area (Å²) in [5, 5.41) is 6.76. The SMILES string of the molecule is CCSc1ccc(NC(=O)CC(NC(=O)c2ccccc2)c2ccccc2)cn1. The van der Waals surface area contributed by atoms with Crippen molar-refractivity contribution in [3.63, 3.8) is 0 Å². The average Bonchev–Trinajstić information content (AvgIpc) is 2.76. The van der Waals surface area contributed by atoms with Gasteiger partial charge in [0, 0.05) is 5.56 Å². The molecule has 0 aliphatic heterocycles. The van der Waals surface area contributed by atoms with Crippen molar-refractivity contribution in [2.75, 3.05) is 11.1 Å². The molecule has 5 nitrogen and oxygen atoms in total. The third-order valence-corrected chi connectivity index (χ3v) is 5.07. The lowest BCUT2D eigenvalue weighted by Gasteiger charge is -2.19. The lowest BCUT2D eigenvalue weighted by atomic mass is 10.0. The number of nitrogens with zero attached hydrogens (tertiary/aromatic N) is 1. The number of amides is 2. The zero-order valence-electron chi connectivity index (χ0n) is 16.2. The summed E-state index contributed by atoms with van der Waals surface area (Å²) in [5.74, 6) is 0.540. The lowest BCUT2D eigenvalue weighted by Crippen LogP contribution is -2.31. The molecule has 1 unspecified atom stereocenters. The molecule has 1 heterocycles. The quantitative estimate of drug-likeness (QED) is 0.533. The zero-order valence-corrected chi connectivity index (χ0v) is 17.0. The van der Waals surface area contributed by atoms with Gasteiger partial charge < -0.3 is 10.6 Å². The van der Waals surface area contributed by atoms with Crippen LogP contribution in [0.15, 0.2) is 84.0 Å². The first-order valence-corrected chi connectivity index (χ1v) is 10.4. The average molecular weight is 406 g/mol. The normalized spacial score (nSPS) is 11.5. The Kier molecular flexibility index (Phi) is 7.41. The van der Waals surface area contributed by atoms with Gasteiger partial charge in [-0.05, 0) is 35.6 Å². The maximum Gasteiger partial charge on any atom is 0.251 e. The molecular weight excluding hydrogens is 382 g/mol. The van der Waals surface area contributed by atoms with Gasteiger partial charge in [0.25, 0.3) is 5.91 Å². The molecule has 2 aromatic carbocycles. The van der Waals surface area contributed by atoms with Gasteiger partial charge in [-0.25, -0.2) is 4.98 Å². The summed E-state index contributed by atoms with van der Waals surface area (Å²) < 4.78 is 0. The molecule has 29 heavy (non-hydrogen) atoms. The van der Waals surface area contributed by atoms with Crippen molar-refractivity contribution in [1.82, 2.24) is 10.3 Å². The summed E-state index contributed by atoms with van der Waals surface area (Å²) in [5.41, 5.74) is 2.07. The van der Waals surface area contributed by atoms with Crippen LogP contribution >= 0.6 is 11.8 Å². The largest absolute Gasteiger partial charge is 0.345 e. The van der Waals surface area contributed by atoms with Crippen LogP contribution in [0.4, 0.5) is 5.69 Å². The number of carbonyl (C=O) groups is 2. The van der Waals surface area contributed by atoms with Crippen molar-refractivity contribution < 1.29 is 9.59 Å². The Morgan fingerprint density at radius 3 is 2.28 bits per heavy atom. The number of benzene rings is 2. The van der Waals surface area contributed by atoms with E-state index in [1.165, 1.54) is 0 Å². The fourth-order valence-electron chi connectivity index (χ4n) is 2.85. The number of rotatable bonds is 8. The van der Waals surface area contributed by atoms with E-state index < -0.39 is 6.04 Å². The second-order valence-corrected chi connectivity index (χ2v) is 7.66. The number of carbonyl (C=O) groups excluding carboxylic acids is 2. The van der Waals surface area contributed by atoms with Gasteiger partial charge in [0.2, 0.25) is 5.91 Å². The molecule has 3 aromatic rings. The van der Waals surface area contributed by atoms with Gasteiger partial charge >= 0.3 is 0 Å². The molecule has 6 heteroatoms.